The van der Waals surface area contributed by atoms with Crippen molar-refractivity contribution in [3.8, 4) is 0 Å². The average Bonchev–Trinajstić information content (AvgIpc) is 2.54. The molecule has 1 aromatic rings. The Hall–Kier alpha value is -1.16. The van der Waals surface area contributed by atoms with Crippen molar-refractivity contribution < 1.29 is 9.59 Å². The molecule has 1 unspecified atom stereocenters. The van der Waals surface area contributed by atoms with E-state index in [2.05, 4.69) is 21.2 Å². The van der Waals surface area contributed by atoms with Gasteiger partial charge in [-0.05, 0) is 30.5 Å². The number of carbonyl (C=O) groups is 2. The molecule has 1 saturated heterocycles. The SMILES string of the molecule is CC(c1ccc(Br)cc1)[C@]1(C)CC(=O)NC1=O. The number of imide groups is 1. The normalized spacial score (nSPS) is 25.8. The molecule has 0 bridgehead atoms. The number of nitrogens with one attached hydrogen (secondary N) is 1. The number of amides is 2. The molecular weight excluding hydrogens is 282 g/mol. The molecule has 1 aliphatic heterocycles. The first-order chi connectivity index (χ1) is 7.93. The highest BCUT2D eigenvalue weighted by molar-refractivity contribution is 9.10. The molecule has 4 heteroatoms. The van der Waals surface area contributed by atoms with E-state index < -0.39 is 5.41 Å². The lowest BCUT2D eigenvalue weighted by Crippen LogP contribution is -2.33. The smallest absolute Gasteiger partial charge is 0.233 e. The van der Waals surface area contributed by atoms with Crippen LogP contribution in [0.5, 0.6) is 0 Å². The molecule has 2 rings (SSSR count). The maximum Gasteiger partial charge on any atom is 0.233 e. The van der Waals surface area contributed by atoms with Crippen LogP contribution in [0, 0.1) is 5.41 Å². The van der Waals surface area contributed by atoms with Gasteiger partial charge in [-0.3, -0.25) is 14.9 Å². The fourth-order valence-electron chi connectivity index (χ4n) is 2.20. The first kappa shape index (κ1) is 12.3. The van der Waals surface area contributed by atoms with Crippen LogP contribution in [0.3, 0.4) is 0 Å². The highest BCUT2D eigenvalue weighted by atomic mass is 79.9. The van der Waals surface area contributed by atoms with Gasteiger partial charge in [0.1, 0.15) is 0 Å². The van der Waals surface area contributed by atoms with Crippen LogP contribution in [0.15, 0.2) is 28.7 Å². The lowest BCUT2D eigenvalue weighted by molar-refractivity contribution is -0.128. The predicted molar refractivity (Wildman–Crippen MR) is 68.4 cm³/mol. The van der Waals surface area contributed by atoms with E-state index in [1.807, 2.05) is 38.1 Å². The van der Waals surface area contributed by atoms with Gasteiger partial charge in [-0.1, -0.05) is 35.0 Å². The van der Waals surface area contributed by atoms with Crippen molar-refractivity contribution in [2.45, 2.75) is 26.2 Å². The highest BCUT2D eigenvalue weighted by Crippen LogP contribution is 2.41. The molecule has 17 heavy (non-hydrogen) atoms. The van der Waals surface area contributed by atoms with Crippen LogP contribution < -0.4 is 5.32 Å². The zero-order valence-electron chi connectivity index (χ0n) is 9.79. The van der Waals surface area contributed by atoms with Crippen LogP contribution in [-0.4, -0.2) is 11.8 Å². The Labute approximate surface area is 109 Å². The van der Waals surface area contributed by atoms with Crippen molar-refractivity contribution in [1.29, 1.82) is 0 Å². The average molecular weight is 296 g/mol. The van der Waals surface area contributed by atoms with E-state index in [0.29, 0.717) is 0 Å². The number of benzene rings is 1. The summed E-state index contributed by atoms with van der Waals surface area (Å²) in [5.41, 5.74) is 0.436. The van der Waals surface area contributed by atoms with E-state index in [9.17, 15) is 9.59 Å². The monoisotopic (exact) mass is 295 g/mol. The van der Waals surface area contributed by atoms with Crippen molar-refractivity contribution in [3.05, 3.63) is 34.3 Å². The van der Waals surface area contributed by atoms with Gasteiger partial charge in [0, 0.05) is 10.9 Å². The largest absolute Gasteiger partial charge is 0.296 e. The van der Waals surface area contributed by atoms with Crippen molar-refractivity contribution in [2.75, 3.05) is 0 Å². The van der Waals surface area contributed by atoms with Gasteiger partial charge in [-0.25, -0.2) is 0 Å². The number of carbonyl (C=O) groups excluding carboxylic acids is 2. The minimum atomic E-state index is -0.634. The van der Waals surface area contributed by atoms with Crippen LogP contribution in [0.4, 0.5) is 0 Å². The number of hydrogen-bond donors (Lipinski definition) is 1. The van der Waals surface area contributed by atoms with Gasteiger partial charge in [-0.2, -0.15) is 0 Å². The maximum absolute atomic E-state index is 11.8. The zero-order valence-corrected chi connectivity index (χ0v) is 11.4. The first-order valence-corrected chi connectivity index (χ1v) is 6.32. The fraction of sp³-hybridized carbons (Fsp3) is 0.385. The van der Waals surface area contributed by atoms with E-state index in [0.717, 1.165) is 10.0 Å². The first-order valence-electron chi connectivity index (χ1n) is 5.53. The molecule has 1 aromatic carbocycles. The van der Waals surface area contributed by atoms with E-state index in [1.165, 1.54) is 0 Å². The van der Waals surface area contributed by atoms with Gasteiger partial charge in [0.25, 0.3) is 0 Å². The molecule has 3 nitrogen and oxygen atoms in total. The second-order valence-corrected chi connectivity index (χ2v) is 5.66. The third-order valence-corrected chi connectivity index (χ3v) is 4.15. The minimum absolute atomic E-state index is 0.0158. The van der Waals surface area contributed by atoms with E-state index in [4.69, 9.17) is 0 Å². The number of halogens is 1. The Bertz CT molecular complexity index is 469. The van der Waals surface area contributed by atoms with Gasteiger partial charge in [0.05, 0.1) is 5.41 Å². The van der Waals surface area contributed by atoms with Crippen LogP contribution in [-0.2, 0) is 9.59 Å². The number of hydrogen-bond acceptors (Lipinski definition) is 2. The summed E-state index contributed by atoms with van der Waals surface area (Å²) >= 11 is 3.38. The van der Waals surface area contributed by atoms with Crippen LogP contribution in [0.1, 0.15) is 31.7 Å². The molecule has 1 fully saturated rings. The summed E-state index contributed by atoms with van der Waals surface area (Å²) in [4.78, 5) is 23.2. The second kappa shape index (κ2) is 4.26. The number of rotatable bonds is 2. The van der Waals surface area contributed by atoms with Crippen LogP contribution >= 0.6 is 15.9 Å². The van der Waals surface area contributed by atoms with E-state index in [-0.39, 0.29) is 24.2 Å². The van der Waals surface area contributed by atoms with Crippen LogP contribution in [0.25, 0.3) is 0 Å². The molecule has 90 valence electrons. The van der Waals surface area contributed by atoms with Crippen LogP contribution in [0.2, 0.25) is 0 Å². The molecule has 0 aliphatic carbocycles. The van der Waals surface area contributed by atoms with Gasteiger partial charge >= 0.3 is 0 Å². The minimum Gasteiger partial charge on any atom is -0.296 e. The molecule has 0 saturated carbocycles. The molecule has 1 N–H and O–H groups in total. The van der Waals surface area contributed by atoms with Gasteiger partial charge in [0.2, 0.25) is 11.8 Å². The lowest BCUT2D eigenvalue weighted by atomic mass is 9.73. The zero-order chi connectivity index (χ0) is 12.6. The van der Waals surface area contributed by atoms with Gasteiger partial charge in [0.15, 0.2) is 0 Å². The van der Waals surface area contributed by atoms with Gasteiger partial charge < -0.3 is 0 Å². The summed E-state index contributed by atoms with van der Waals surface area (Å²) in [6.45, 7) is 3.83. The summed E-state index contributed by atoms with van der Waals surface area (Å²) in [5.74, 6) is -0.332. The molecule has 0 aromatic heterocycles. The predicted octanol–water partition coefficient (Wildman–Crippen LogP) is 2.61. The Morgan fingerprint density at radius 2 is 1.88 bits per heavy atom. The standard InChI is InChI=1S/C13H14BrNO2/c1-8(9-3-5-10(14)6-4-9)13(2)7-11(16)15-12(13)17/h3-6,8H,7H2,1-2H3,(H,15,16,17)/t8?,13-/m0/s1. The third-order valence-electron chi connectivity index (χ3n) is 3.63. The van der Waals surface area contributed by atoms with E-state index >= 15 is 0 Å². The third kappa shape index (κ3) is 2.14. The molecule has 1 aliphatic rings. The van der Waals surface area contributed by atoms with Crippen molar-refractivity contribution in [2.24, 2.45) is 5.41 Å². The lowest BCUT2D eigenvalue weighted by Gasteiger charge is -2.28. The molecule has 0 spiro atoms. The Morgan fingerprint density at radius 3 is 2.35 bits per heavy atom. The maximum atomic E-state index is 11.8. The van der Waals surface area contributed by atoms with Gasteiger partial charge in [-0.15, -0.1) is 0 Å². The molecule has 2 amide bonds. The fourth-order valence-corrected chi connectivity index (χ4v) is 2.46. The van der Waals surface area contributed by atoms with E-state index in [1.54, 1.807) is 0 Å². The van der Waals surface area contributed by atoms with Crippen molar-refractivity contribution in [3.63, 3.8) is 0 Å². The Morgan fingerprint density at radius 1 is 1.29 bits per heavy atom. The summed E-state index contributed by atoms with van der Waals surface area (Å²) in [6.07, 6.45) is 0.267. The Kier molecular flexibility index (Phi) is 3.08. The highest BCUT2D eigenvalue weighted by Gasteiger charge is 2.46. The van der Waals surface area contributed by atoms with Crippen molar-refractivity contribution >= 4 is 27.7 Å². The molecule has 1 heterocycles. The summed E-state index contributed by atoms with van der Waals surface area (Å²) in [7, 11) is 0. The summed E-state index contributed by atoms with van der Waals surface area (Å²) in [6, 6.07) is 7.86. The summed E-state index contributed by atoms with van der Waals surface area (Å²) in [5, 5.41) is 2.38. The quantitative estimate of drug-likeness (QED) is 0.853. The topological polar surface area (TPSA) is 46.2 Å². The second-order valence-electron chi connectivity index (χ2n) is 4.74. The Balaban J connectivity index is 2.31. The molecule has 0 radical (unpaired) electrons. The summed E-state index contributed by atoms with van der Waals surface area (Å²) < 4.78 is 1.01. The van der Waals surface area contributed by atoms with Crippen molar-refractivity contribution in [1.82, 2.24) is 5.32 Å². The molecular formula is C13H14BrNO2. The molecule has 2 atom stereocenters.